The van der Waals surface area contributed by atoms with E-state index in [0.717, 1.165) is 89.5 Å². The summed E-state index contributed by atoms with van der Waals surface area (Å²) in [7, 11) is 0. The fourth-order valence-corrected chi connectivity index (χ4v) is 4.66. The van der Waals surface area contributed by atoms with E-state index in [1.165, 1.54) is 12.8 Å². The lowest BCUT2D eigenvalue weighted by molar-refractivity contribution is -0.139. The highest BCUT2D eigenvalue weighted by molar-refractivity contribution is 5.80. The van der Waals surface area contributed by atoms with Crippen molar-refractivity contribution in [3.63, 3.8) is 0 Å². The van der Waals surface area contributed by atoms with E-state index in [0.29, 0.717) is 11.8 Å². The molecule has 3 rings (SSSR count). The molecule has 0 aromatic carbocycles. The number of aliphatic imine (C=N–C) groups is 1. The topological polar surface area (TPSA) is 51.2 Å². The van der Waals surface area contributed by atoms with Gasteiger partial charge in [0.25, 0.3) is 0 Å². The number of carbonyl (C=O) groups is 1. The van der Waals surface area contributed by atoms with E-state index in [-0.39, 0.29) is 0 Å². The molecule has 1 N–H and O–H groups in total. The van der Waals surface area contributed by atoms with Crippen molar-refractivity contribution in [2.24, 2.45) is 22.7 Å². The van der Waals surface area contributed by atoms with Crippen molar-refractivity contribution in [2.45, 2.75) is 46.5 Å². The summed E-state index contributed by atoms with van der Waals surface area (Å²) in [6, 6.07) is 0. The lowest BCUT2D eigenvalue weighted by Crippen LogP contribution is -2.51. The maximum Gasteiger partial charge on any atom is 0.225 e. The lowest BCUT2D eigenvalue weighted by atomic mass is 9.84. The van der Waals surface area contributed by atoms with E-state index in [2.05, 4.69) is 40.8 Å². The molecular weight excluding hydrogens is 338 g/mol. The molecule has 0 radical (unpaired) electrons. The molecule has 0 aromatic rings. The first-order valence-corrected chi connectivity index (χ1v) is 11.1. The van der Waals surface area contributed by atoms with Gasteiger partial charge in [-0.2, -0.15) is 0 Å². The largest absolute Gasteiger partial charge is 0.357 e. The smallest absolute Gasteiger partial charge is 0.225 e. The third kappa shape index (κ3) is 5.59. The predicted octanol–water partition coefficient (Wildman–Crippen LogP) is 1.87. The fourth-order valence-electron chi connectivity index (χ4n) is 4.66. The summed E-state index contributed by atoms with van der Waals surface area (Å²) in [6.07, 6.45) is 4.76. The second-order valence-corrected chi connectivity index (χ2v) is 8.88. The van der Waals surface area contributed by atoms with E-state index in [1.807, 2.05) is 0 Å². The van der Waals surface area contributed by atoms with Crippen molar-refractivity contribution in [3.05, 3.63) is 0 Å². The number of piperidine rings is 1. The van der Waals surface area contributed by atoms with E-state index >= 15 is 0 Å². The van der Waals surface area contributed by atoms with Gasteiger partial charge in [0.1, 0.15) is 0 Å². The molecule has 6 heteroatoms. The van der Waals surface area contributed by atoms with E-state index < -0.39 is 0 Å². The standard InChI is InChI=1S/C21H39N5O/c1-4-22-21(26-15-17(2)14-18(3)16-26)23-8-9-24-10-12-25(13-11-24)20(27)19-6-5-7-19/h17-19H,4-16H2,1-3H3,(H,22,23). The average Bonchev–Trinajstić information content (AvgIpc) is 2.59. The van der Waals surface area contributed by atoms with Crippen LogP contribution in [0.4, 0.5) is 0 Å². The zero-order chi connectivity index (χ0) is 19.2. The summed E-state index contributed by atoms with van der Waals surface area (Å²) in [4.78, 5) is 24.3. The van der Waals surface area contributed by atoms with Gasteiger partial charge in [-0.15, -0.1) is 0 Å². The molecule has 0 bridgehead atoms. The Balaban J connectivity index is 1.43. The molecule has 1 amide bonds. The molecule has 154 valence electrons. The Kier molecular flexibility index (Phi) is 7.39. The Hall–Kier alpha value is -1.30. The van der Waals surface area contributed by atoms with Gasteiger partial charge in [0.05, 0.1) is 6.54 Å². The zero-order valence-electron chi connectivity index (χ0n) is 17.6. The van der Waals surface area contributed by atoms with Crippen LogP contribution in [0.5, 0.6) is 0 Å². The zero-order valence-corrected chi connectivity index (χ0v) is 17.6. The summed E-state index contributed by atoms with van der Waals surface area (Å²) in [5, 5.41) is 3.48. The van der Waals surface area contributed by atoms with Crippen LogP contribution in [0.3, 0.4) is 0 Å². The molecule has 3 aliphatic rings. The van der Waals surface area contributed by atoms with Crippen LogP contribution in [-0.2, 0) is 4.79 Å². The molecular formula is C21H39N5O. The molecule has 6 nitrogen and oxygen atoms in total. The van der Waals surface area contributed by atoms with Crippen molar-refractivity contribution < 1.29 is 4.79 Å². The molecule has 1 aliphatic carbocycles. The summed E-state index contributed by atoms with van der Waals surface area (Å²) in [5.74, 6) is 3.28. The van der Waals surface area contributed by atoms with Gasteiger partial charge in [0.2, 0.25) is 5.91 Å². The van der Waals surface area contributed by atoms with Crippen molar-refractivity contribution in [1.82, 2.24) is 20.0 Å². The number of amides is 1. The number of hydrogen-bond donors (Lipinski definition) is 1. The third-order valence-electron chi connectivity index (χ3n) is 6.32. The predicted molar refractivity (Wildman–Crippen MR) is 111 cm³/mol. The first-order chi connectivity index (χ1) is 13.1. The second-order valence-electron chi connectivity index (χ2n) is 8.88. The summed E-state index contributed by atoms with van der Waals surface area (Å²) in [6.45, 7) is 15.5. The van der Waals surface area contributed by atoms with Gasteiger partial charge < -0.3 is 15.1 Å². The SMILES string of the molecule is CCNC(=NCCN1CCN(C(=O)C2CCC2)CC1)N1CC(C)CC(C)C1. The average molecular weight is 378 g/mol. The Bertz CT molecular complexity index is 501. The van der Waals surface area contributed by atoms with Crippen molar-refractivity contribution >= 4 is 11.9 Å². The number of carbonyl (C=O) groups excluding carboxylic acids is 1. The lowest BCUT2D eigenvalue weighted by Gasteiger charge is -2.38. The van der Waals surface area contributed by atoms with E-state index in [4.69, 9.17) is 4.99 Å². The second kappa shape index (κ2) is 9.76. The normalized spacial score (nSPS) is 28.2. The van der Waals surface area contributed by atoms with Gasteiger partial charge in [-0.1, -0.05) is 20.3 Å². The molecule has 0 aromatic heterocycles. The highest BCUT2D eigenvalue weighted by Gasteiger charge is 2.31. The number of hydrogen-bond acceptors (Lipinski definition) is 3. The number of nitrogens with zero attached hydrogens (tertiary/aromatic N) is 4. The maximum absolute atomic E-state index is 12.4. The Morgan fingerprint density at radius 3 is 2.26 bits per heavy atom. The Morgan fingerprint density at radius 2 is 1.70 bits per heavy atom. The summed E-state index contributed by atoms with van der Waals surface area (Å²) in [5.41, 5.74) is 0. The molecule has 2 unspecified atom stereocenters. The first-order valence-electron chi connectivity index (χ1n) is 11.1. The van der Waals surface area contributed by atoms with Gasteiger partial charge >= 0.3 is 0 Å². The number of rotatable bonds is 5. The fraction of sp³-hybridized carbons (Fsp3) is 0.905. The van der Waals surface area contributed by atoms with Crippen LogP contribution in [0.1, 0.15) is 46.5 Å². The third-order valence-corrected chi connectivity index (χ3v) is 6.32. The van der Waals surface area contributed by atoms with Crippen LogP contribution in [-0.4, -0.2) is 85.5 Å². The Labute approximate surface area is 165 Å². The van der Waals surface area contributed by atoms with E-state index in [1.54, 1.807) is 0 Å². The van der Waals surface area contributed by atoms with Crippen molar-refractivity contribution in [1.29, 1.82) is 0 Å². The molecule has 2 aliphatic heterocycles. The quantitative estimate of drug-likeness (QED) is 0.587. The van der Waals surface area contributed by atoms with Crippen LogP contribution in [0.15, 0.2) is 4.99 Å². The molecule has 1 saturated carbocycles. The van der Waals surface area contributed by atoms with Gasteiger partial charge in [-0.25, -0.2) is 0 Å². The van der Waals surface area contributed by atoms with Crippen LogP contribution in [0, 0.1) is 17.8 Å². The van der Waals surface area contributed by atoms with E-state index in [9.17, 15) is 4.79 Å². The van der Waals surface area contributed by atoms with Crippen LogP contribution in [0.25, 0.3) is 0 Å². The Morgan fingerprint density at radius 1 is 1.04 bits per heavy atom. The number of guanidine groups is 1. The number of likely N-dealkylation sites (tertiary alicyclic amines) is 1. The minimum atomic E-state index is 0.332. The first kappa shape index (κ1) is 20.4. The number of piperazine rings is 1. The molecule has 3 fully saturated rings. The highest BCUT2D eigenvalue weighted by atomic mass is 16.2. The van der Waals surface area contributed by atoms with Crippen LogP contribution >= 0.6 is 0 Å². The molecule has 27 heavy (non-hydrogen) atoms. The van der Waals surface area contributed by atoms with Gasteiger partial charge in [-0.05, 0) is 38.0 Å². The monoisotopic (exact) mass is 377 g/mol. The maximum atomic E-state index is 12.4. The van der Waals surface area contributed by atoms with Crippen molar-refractivity contribution in [3.8, 4) is 0 Å². The molecule has 2 atom stereocenters. The molecule has 0 spiro atoms. The van der Waals surface area contributed by atoms with Gasteiger partial charge in [0, 0.05) is 58.3 Å². The van der Waals surface area contributed by atoms with Crippen LogP contribution < -0.4 is 5.32 Å². The summed E-state index contributed by atoms with van der Waals surface area (Å²) < 4.78 is 0. The summed E-state index contributed by atoms with van der Waals surface area (Å²) >= 11 is 0. The molecule has 2 heterocycles. The van der Waals surface area contributed by atoms with Gasteiger partial charge in [-0.3, -0.25) is 14.7 Å². The van der Waals surface area contributed by atoms with Gasteiger partial charge in [0.15, 0.2) is 5.96 Å². The minimum absolute atomic E-state index is 0.332. The minimum Gasteiger partial charge on any atom is -0.357 e. The van der Waals surface area contributed by atoms with Crippen LogP contribution in [0.2, 0.25) is 0 Å². The van der Waals surface area contributed by atoms with Crippen molar-refractivity contribution in [2.75, 3.05) is 58.9 Å². The highest BCUT2D eigenvalue weighted by Crippen LogP contribution is 2.28. The molecule has 2 saturated heterocycles. The number of nitrogens with one attached hydrogen (secondary N) is 1.